The van der Waals surface area contributed by atoms with E-state index in [2.05, 4.69) is 13.8 Å². The molecule has 1 aliphatic rings. The molecule has 1 N–H and O–H groups in total. The first kappa shape index (κ1) is 13.3. The number of ether oxygens (including phenoxy) is 1. The highest BCUT2D eigenvalue weighted by Gasteiger charge is 2.19. The summed E-state index contributed by atoms with van der Waals surface area (Å²) in [5.74, 6) is 1.56. The van der Waals surface area contributed by atoms with Crippen LogP contribution in [0.15, 0.2) is 0 Å². The minimum atomic E-state index is -0.0382. The lowest BCUT2D eigenvalue weighted by molar-refractivity contribution is 0.131. The molecule has 0 bridgehead atoms. The zero-order valence-corrected chi connectivity index (χ0v) is 10.8. The lowest BCUT2D eigenvalue weighted by Gasteiger charge is -2.24. The number of aliphatic hydroxyl groups is 1. The SMILES string of the molecule is CC(C)CCOCS[C@H]1CC[C@H](O)CC1. The van der Waals surface area contributed by atoms with Crippen molar-refractivity contribution in [2.75, 3.05) is 12.5 Å². The molecule has 1 aliphatic carbocycles. The van der Waals surface area contributed by atoms with Gasteiger partial charge in [-0.2, -0.15) is 0 Å². The Balaban J connectivity index is 1.91. The minimum Gasteiger partial charge on any atom is -0.393 e. The van der Waals surface area contributed by atoms with Crippen molar-refractivity contribution in [2.45, 2.75) is 57.3 Å². The summed E-state index contributed by atoms with van der Waals surface area (Å²) in [5.41, 5.74) is 0. The predicted octanol–water partition coefficient (Wildman–Crippen LogP) is 3.04. The van der Waals surface area contributed by atoms with Crippen LogP contribution in [0.3, 0.4) is 0 Å². The van der Waals surface area contributed by atoms with Crippen molar-refractivity contribution in [1.29, 1.82) is 0 Å². The summed E-state index contributed by atoms with van der Waals surface area (Å²) in [4.78, 5) is 0. The van der Waals surface area contributed by atoms with E-state index in [-0.39, 0.29) is 6.10 Å². The summed E-state index contributed by atoms with van der Waals surface area (Å²) in [5, 5.41) is 10.1. The molecule has 0 aromatic carbocycles. The number of aliphatic hydroxyl groups excluding tert-OH is 1. The first-order chi connectivity index (χ1) is 7.18. The third kappa shape index (κ3) is 6.44. The molecule has 1 fully saturated rings. The molecule has 0 aliphatic heterocycles. The molecule has 0 heterocycles. The van der Waals surface area contributed by atoms with Crippen molar-refractivity contribution in [3.05, 3.63) is 0 Å². The zero-order chi connectivity index (χ0) is 11.1. The molecule has 0 unspecified atom stereocenters. The Morgan fingerprint density at radius 3 is 2.53 bits per heavy atom. The van der Waals surface area contributed by atoms with Crippen molar-refractivity contribution in [1.82, 2.24) is 0 Å². The standard InChI is InChI=1S/C12H24O2S/c1-10(2)7-8-14-9-15-12-5-3-11(13)4-6-12/h10-13H,3-9H2,1-2H3/t11-,12-. The van der Waals surface area contributed by atoms with E-state index in [0.717, 1.165) is 50.6 Å². The monoisotopic (exact) mass is 232 g/mol. The third-order valence-corrected chi connectivity index (χ3v) is 4.12. The molecular weight excluding hydrogens is 208 g/mol. The summed E-state index contributed by atoms with van der Waals surface area (Å²) in [6.45, 7) is 5.33. The lowest BCUT2D eigenvalue weighted by atomic mass is 9.97. The Morgan fingerprint density at radius 1 is 1.27 bits per heavy atom. The van der Waals surface area contributed by atoms with Crippen LogP contribution in [0.25, 0.3) is 0 Å². The van der Waals surface area contributed by atoms with E-state index in [1.807, 2.05) is 11.8 Å². The van der Waals surface area contributed by atoms with Gasteiger partial charge in [0, 0.05) is 11.9 Å². The van der Waals surface area contributed by atoms with Gasteiger partial charge in [-0.05, 0) is 38.0 Å². The van der Waals surface area contributed by atoms with Crippen LogP contribution >= 0.6 is 11.8 Å². The van der Waals surface area contributed by atoms with E-state index in [1.54, 1.807) is 0 Å². The average molecular weight is 232 g/mol. The Kier molecular flexibility index (Phi) is 6.69. The topological polar surface area (TPSA) is 29.5 Å². The zero-order valence-electron chi connectivity index (χ0n) is 9.95. The Morgan fingerprint density at radius 2 is 1.93 bits per heavy atom. The second-order valence-electron chi connectivity index (χ2n) is 4.81. The summed E-state index contributed by atoms with van der Waals surface area (Å²) < 4.78 is 5.57. The van der Waals surface area contributed by atoms with Crippen LogP contribution in [0.5, 0.6) is 0 Å². The maximum absolute atomic E-state index is 9.36. The summed E-state index contributed by atoms with van der Waals surface area (Å²) in [6.07, 6.45) is 5.37. The van der Waals surface area contributed by atoms with Crippen molar-refractivity contribution >= 4 is 11.8 Å². The fourth-order valence-corrected chi connectivity index (χ4v) is 2.75. The van der Waals surface area contributed by atoms with E-state index in [4.69, 9.17) is 4.74 Å². The van der Waals surface area contributed by atoms with Crippen LogP contribution in [-0.4, -0.2) is 29.0 Å². The fourth-order valence-electron chi connectivity index (χ4n) is 1.73. The van der Waals surface area contributed by atoms with Crippen LogP contribution in [-0.2, 0) is 4.74 Å². The maximum Gasteiger partial charge on any atom is 0.0923 e. The van der Waals surface area contributed by atoms with Crippen LogP contribution in [0.2, 0.25) is 0 Å². The van der Waals surface area contributed by atoms with Crippen molar-refractivity contribution in [3.63, 3.8) is 0 Å². The summed E-state index contributed by atoms with van der Waals surface area (Å²) in [7, 11) is 0. The molecule has 15 heavy (non-hydrogen) atoms. The van der Waals surface area contributed by atoms with Gasteiger partial charge in [0.05, 0.1) is 12.0 Å². The molecule has 90 valence electrons. The summed E-state index contributed by atoms with van der Waals surface area (Å²) in [6, 6.07) is 0. The number of rotatable bonds is 6. The second-order valence-corrected chi connectivity index (χ2v) is 6.04. The molecule has 1 saturated carbocycles. The van der Waals surface area contributed by atoms with Gasteiger partial charge in [-0.25, -0.2) is 0 Å². The molecule has 0 aromatic rings. The van der Waals surface area contributed by atoms with Gasteiger partial charge in [-0.1, -0.05) is 13.8 Å². The van der Waals surface area contributed by atoms with Gasteiger partial charge in [-0.3, -0.25) is 0 Å². The minimum absolute atomic E-state index is 0.0382. The van der Waals surface area contributed by atoms with Crippen LogP contribution in [0.4, 0.5) is 0 Å². The largest absolute Gasteiger partial charge is 0.393 e. The Hall–Kier alpha value is 0.270. The lowest BCUT2D eigenvalue weighted by Crippen LogP contribution is -2.20. The highest BCUT2D eigenvalue weighted by molar-refractivity contribution is 7.99. The predicted molar refractivity (Wildman–Crippen MR) is 66.1 cm³/mol. The van der Waals surface area contributed by atoms with Gasteiger partial charge < -0.3 is 9.84 Å². The molecule has 2 nitrogen and oxygen atoms in total. The van der Waals surface area contributed by atoms with E-state index >= 15 is 0 Å². The van der Waals surface area contributed by atoms with Crippen LogP contribution in [0, 0.1) is 5.92 Å². The number of hydrogen-bond donors (Lipinski definition) is 1. The molecule has 0 saturated heterocycles. The van der Waals surface area contributed by atoms with Crippen LogP contribution < -0.4 is 0 Å². The Bertz CT molecular complexity index is 154. The molecule has 1 rings (SSSR count). The molecular formula is C12H24O2S. The summed E-state index contributed by atoms with van der Waals surface area (Å²) >= 11 is 1.92. The van der Waals surface area contributed by atoms with E-state index in [1.165, 1.54) is 0 Å². The fraction of sp³-hybridized carbons (Fsp3) is 1.00. The van der Waals surface area contributed by atoms with Gasteiger partial charge in [0.25, 0.3) is 0 Å². The third-order valence-electron chi connectivity index (χ3n) is 2.87. The van der Waals surface area contributed by atoms with Gasteiger partial charge in [0.15, 0.2) is 0 Å². The molecule has 0 amide bonds. The van der Waals surface area contributed by atoms with Crippen molar-refractivity contribution in [3.8, 4) is 0 Å². The second kappa shape index (κ2) is 7.53. The van der Waals surface area contributed by atoms with Gasteiger partial charge in [0.1, 0.15) is 0 Å². The Labute approximate surface area is 97.8 Å². The molecule has 0 aromatic heterocycles. The van der Waals surface area contributed by atoms with E-state index in [9.17, 15) is 5.11 Å². The van der Waals surface area contributed by atoms with Crippen molar-refractivity contribution in [2.24, 2.45) is 5.92 Å². The first-order valence-electron chi connectivity index (χ1n) is 6.06. The molecule has 0 radical (unpaired) electrons. The normalized spacial score (nSPS) is 27.2. The molecule has 0 atom stereocenters. The van der Waals surface area contributed by atoms with E-state index in [0.29, 0.717) is 5.25 Å². The highest BCUT2D eigenvalue weighted by Crippen LogP contribution is 2.28. The average Bonchev–Trinajstić information content (AvgIpc) is 2.20. The first-order valence-corrected chi connectivity index (χ1v) is 7.10. The molecule has 0 spiro atoms. The maximum atomic E-state index is 9.36. The highest BCUT2D eigenvalue weighted by atomic mass is 32.2. The van der Waals surface area contributed by atoms with Gasteiger partial charge in [0.2, 0.25) is 0 Å². The molecule has 3 heteroatoms. The van der Waals surface area contributed by atoms with Gasteiger partial charge in [-0.15, -0.1) is 11.8 Å². The smallest absolute Gasteiger partial charge is 0.0923 e. The number of hydrogen-bond acceptors (Lipinski definition) is 3. The quantitative estimate of drug-likeness (QED) is 0.564. The van der Waals surface area contributed by atoms with Gasteiger partial charge >= 0.3 is 0 Å². The number of thioether (sulfide) groups is 1. The van der Waals surface area contributed by atoms with Crippen LogP contribution in [0.1, 0.15) is 46.0 Å². The van der Waals surface area contributed by atoms with E-state index < -0.39 is 0 Å². The van der Waals surface area contributed by atoms with Crippen molar-refractivity contribution < 1.29 is 9.84 Å².